The van der Waals surface area contributed by atoms with Crippen LogP contribution in [0.4, 0.5) is 13.2 Å². The normalized spacial score (nSPS) is 23.8. The monoisotopic (exact) mass is 1270 g/mol. The summed E-state index contributed by atoms with van der Waals surface area (Å²) in [4.78, 5) is 165. The first-order chi connectivity index (χ1) is 41.1. The number of nitrogens with zero attached hydrogens (tertiary/aromatic N) is 7. The third-order valence-corrected chi connectivity index (χ3v) is 17.0. The lowest BCUT2D eigenvalue weighted by molar-refractivity contribution is -0.149. The number of carbonyl (C=O) groups excluding carboxylic acids is 11. The zero-order valence-corrected chi connectivity index (χ0v) is 55.8. The average Bonchev–Trinajstić information content (AvgIpc) is 1.22. The van der Waals surface area contributed by atoms with Gasteiger partial charge in [-0.2, -0.15) is 13.2 Å². The SMILES string of the molecule is CCC(C)[C@@H]1NC(=O)[C@H](C)N(C)C(=O)C[C@@H](C)N(C)C(=O)[C@H](CC(C)C)NC(=O)C(C)(C)N(C)C(=O)[C@H](CC(C)C)NC(=O)[C@H](CCc2ccc(C(F)(F)F)c(Cl)c2)NC(=O)CN(C)C(=O)[C@H](Cc2ccc(C)cc2)N(C)C(=O)CN(C)C(=O)CN(C)C1=O. The second-order valence-electron chi connectivity index (χ2n) is 25.2. The number of halogens is 4. The summed E-state index contributed by atoms with van der Waals surface area (Å²) in [7, 11) is 9.60. The first kappa shape index (κ1) is 75.9. The molecule has 3 rings (SSSR count). The van der Waals surface area contributed by atoms with Crippen LogP contribution in [0.2, 0.25) is 5.02 Å². The van der Waals surface area contributed by atoms with E-state index in [1.54, 1.807) is 39.8 Å². The number of aryl methyl sites for hydroxylation is 2. The summed E-state index contributed by atoms with van der Waals surface area (Å²) in [5.41, 5.74) is -0.985. The Morgan fingerprint density at radius 3 is 1.69 bits per heavy atom. The number of nitrogens with one attached hydrogen (secondary N) is 4. The second-order valence-corrected chi connectivity index (χ2v) is 25.6. The number of hydrogen-bond donors (Lipinski definition) is 4. The molecule has 0 spiro atoms. The van der Waals surface area contributed by atoms with Gasteiger partial charge in [-0.15, -0.1) is 0 Å². The lowest BCUT2D eigenvalue weighted by Gasteiger charge is -2.39. The molecule has 26 heteroatoms. The van der Waals surface area contributed by atoms with Crippen LogP contribution in [0.15, 0.2) is 42.5 Å². The van der Waals surface area contributed by atoms with Gasteiger partial charge in [-0.3, -0.25) is 52.7 Å². The summed E-state index contributed by atoms with van der Waals surface area (Å²) in [5, 5.41) is 10.4. The van der Waals surface area contributed by atoms with Gasteiger partial charge in [-0.05, 0) is 101 Å². The van der Waals surface area contributed by atoms with E-state index in [0.29, 0.717) is 12.0 Å². The van der Waals surface area contributed by atoms with Crippen molar-refractivity contribution >= 4 is 76.6 Å². The highest BCUT2D eigenvalue weighted by molar-refractivity contribution is 6.31. The van der Waals surface area contributed by atoms with Crippen molar-refractivity contribution in [2.24, 2.45) is 17.8 Å². The van der Waals surface area contributed by atoms with Gasteiger partial charge in [0.25, 0.3) is 0 Å². The Morgan fingerprint density at radius 1 is 0.607 bits per heavy atom. The Kier molecular flexibility index (Phi) is 28.1. The third kappa shape index (κ3) is 21.4. The fraction of sp³-hybridized carbons (Fsp3) is 0.635. The van der Waals surface area contributed by atoms with Crippen molar-refractivity contribution < 1.29 is 65.9 Å². The van der Waals surface area contributed by atoms with E-state index in [4.69, 9.17) is 11.6 Å². The molecule has 8 atom stereocenters. The fourth-order valence-electron chi connectivity index (χ4n) is 9.86. The van der Waals surface area contributed by atoms with Crippen molar-refractivity contribution in [2.45, 2.75) is 175 Å². The van der Waals surface area contributed by atoms with Gasteiger partial charge in [0, 0.05) is 68.2 Å². The van der Waals surface area contributed by atoms with Gasteiger partial charge in [0.15, 0.2) is 0 Å². The molecule has 89 heavy (non-hydrogen) atoms. The minimum absolute atomic E-state index is 0.0153. The topological polar surface area (TPSA) is 259 Å². The number of benzene rings is 2. The zero-order valence-electron chi connectivity index (χ0n) is 55.0. The van der Waals surface area contributed by atoms with Gasteiger partial charge in [-0.1, -0.05) is 95.5 Å². The molecular weight excluding hydrogens is 1180 g/mol. The molecule has 2 aromatic carbocycles. The Labute approximate surface area is 527 Å². The summed E-state index contributed by atoms with van der Waals surface area (Å²) in [6.45, 7) is 16.9. The second kappa shape index (κ2) is 33.0. The summed E-state index contributed by atoms with van der Waals surface area (Å²) < 4.78 is 41.2. The van der Waals surface area contributed by atoms with Crippen LogP contribution >= 0.6 is 11.6 Å². The van der Waals surface area contributed by atoms with Gasteiger partial charge in [0.05, 0.1) is 30.2 Å². The van der Waals surface area contributed by atoms with E-state index < -0.39 is 155 Å². The maximum atomic E-state index is 14.7. The van der Waals surface area contributed by atoms with Gasteiger partial charge < -0.3 is 55.6 Å². The van der Waals surface area contributed by atoms with Crippen LogP contribution in [0.5, 0.6) is 0 Å². The molecule has 0 saturated carbocycles. The summed E-state index contributed by atoms with van der Waals surface area (Å²) in [6, 6.07) is 1.86. The molecule has 1 unspecified atom stereocenters. The molecule has 0 aliphatic carbocycles. The summed E-state index contributed by atoms with van der Waals surface area (Å²) in [5.74, 6) is -8.60. The molecule has 496 valence electrons. The van der Waals surface area contributed by atoms with Crippen LogP contribution in [-0.4, -0.2) is 216 Å². The van der Waals surface area contributed by atoms with Crippen molar-refractivity contribution in [1.29, 1.82) is 0 Å². The first-order valence-corrected chi connectivity index (χ1v) is 30.4. The highest BCUT2D eigenvalue weighted by Crippen LogP contribution is 2.35. The molecule has 11 amide bonds. The van der Waals surface area contributed by atoms with E-state index >= 15 is 0 Å². The number of hydrogen-bond acceptors (Lipinski definition) is 11. The maximum absolute atomic E-state index is 14.7. The molecule has 2 aromatic rings. The Bertz CT molecular complexity index is 2870. The zero-order chi connectivity index (χ0) is 67.9. The van der Waals surface area contributed by atoms with Gasteiger partial charge in [-0.25, -0.2) is 0 Å². The lowest BCUT2D eigenvalue weighted by atomic mass is 9.95. The molecule has 1 aliphatic heterocycles. The first-order valence-electron chi connectivity index (χ1n) is 30.1. The van der Waals surface area contributed by atoms with Crippen molar-refractivity contribution in [1.82, 2.24) is 55.6 Å². The highest BCUT2D eigenvalue weighted by atomic mass is 35.5. The molecule has 0 aromatic heterocycles. The van der Waals surface area contributed by atoms with Crippen LogP contribution in [0.25, 0.3) is 0 Å². The van der Waals surface area contributed by atoms with Crippen molar-refractivity contribution in [3.63, 3.8) is 0 Å². The maximum Gasteiger partial charge on any atom is 0.417 e. The molecular formula is C63H95ClF3N11O11. The smallest absolute Gasteiger partial charge is 0.343 e. The van der Waals surface area contributed by atoms with E-state index in [0.717, 1.165) is 42.2 Å². The molecule has 0 radical (unpaired) electrons. The van der Waals surface area contributed by atoms with Crippen LogP contribution in [0.1, 0.15) is 124 Å². The lowest BCUT2D eigenvalue weighted by Crippen LogP contribution is -2.63. The molecule has 1 saturated heterocycles. The van der Waals surface area contributed by atoms with E-state index in [9.17, 15) is 65.9 Å². The standard InChI is InChI=1S/C63H95ClF3N11O11/c1-19-39(7)54-60(88)74(14)34-52(81)72(12)35-53(82)77(17)49(32-43-22-20-38(6)21-23-43)59(87)73(13)33-50(79)68-46(27-25-42-24-26-44(45(64)31-42)63(65,66)67)56(84)69-48(29-37(4)5)58(86)78(18)62(10,11)61(89)70-47(28-36(2)3)57(85)75(15)40(8)30-51(80)76(16)41(9)55(83)71-54/h20-24,26,31,36-37,39-41,46-49,54H,19,25,27-30,32-35H2,1-18H3,(H,68,79)(H,69,84)(H,70,89)(H,71,83)/t39?,40-,41+,46+,47+,48+,49+,54+/m1/s1. The Balaban J connectivity index is 2.20. The quantitative estimate of drug-likeness (QED) is 0.244. The summed E-state index contributed by atoms with van der Waals surface area (Å²) in [6.07, 6.45) is -4.88. The van der Waals surface area contributed by atoms with Crippen LogP contribution in [-0.2, 0) is 71.8 Å². The molecule has 1 fully saturated rings. The minimum Gasteiger partial charge on any atom is -0.343 e. The van der Waals surface area contributed by atoms with Crippen molar-refractivity contribution in [3.05, 3.63) is 69.7 Å². The number of likely N-dealkylation sites (N-methyl/N-ethyl adjacent to an activating group) is 7. The highest BCUT2D eigenvalue weighted by Gasteiger charge is 2.43. The minimum atomic E-state index is -4.77. The number of amides is 11. The van der Waals surface area contributed by atoms with E-state index in [-0.39, 0.29) is 55.9 Å². The number of alkyl halides is 3. The molecule has 4 N–H and O–H groups in total. The Morgan fingerprint density at radius 2 is 1.15 bits per heavy atom. The van der Waals surface area contributed by atoms with Crippen molar-refractivity contribution in [2.75, 3.05) is 69.0 Å². The fourth-order valence-corrected chi connectivity index (χ4v) is 10.2. The van der Waals surface area contributed by atoms with Gasteiger partial charge >= 0.3 is 6.18 Å². The van der Waals surface area contributed by atoms with E-state index in [1.807, 2.05) is 39.8 Å². The molecule has 1 aliphatic rings. The van der Waals surface area contributed by atoms with Crippen molar-refractivity contribution in [3.8, 4) is 0 Å². The number of carbonyl (C=O) groups is 11. The Hall–Kier alpha value is -7.31. The average molecular weight is 1270 g/mol. The van der Waals surface area contributed by atoms with Crippen LogP contribution in [0.3, 0.4) is 0 Å². The predicted molar refractivity (Wildman–Crippen MR) is 331 cm³/mol. The van der Waals surface area contributed by atoms with E-state index in [2.05, 4.69) is 21.3 Å². The largest absolute Gasteiger partial charge is 0.417 e. The molecule has 22 nitrogen and oxygen atoms in total. The summed E-state index contributed by atoms with van der Waals surface area (Å²) >= 11 is 6.08. The van der Waals surface area contributed by atoms with Crippen LogP contribution in [0, 0.1) is 24.7 Å². The van der Waals surface area contributed by atoms with Gasteiger partial charge in [0.2, 0.25) is 65.0 Å². The third-order valence-electron chi connectivity index (χ3n) is 16.7. The van der Waals surface area contributed by atoms with Gasteiger partial charge in [0.1, 0.15) is 41.8 Å². The van der Waals surface area contributed by atoms with Crippen LogP contribution < -0.4 is 21.3 Å². The molecule has 1 heterocycles. The predicted octanol–water partition coefficient (Wildman–Crippen LogP) is 4.46. The number of rotatable bonds is 11. The van der Waals surface area contributed by atoms with E-state index in [1.165, 1.54) is 86.0 Å². The molecule has 0 bridgehead atoms.